The Hall–Kier alpha value is -3.01. The van der Waals surface area contributed by atoms with Gasteiger partial charge in [-0.15, -0.1) is 0 Å². The third kappa shape index (κ3) is 5.35. The van der Waals surface area contributed by atoms with Crippen LogP contribution >= 0.6 is 24.0 Å². The summed E-state index contributed by atoms with van der Waals surface area (Å²) in [5, 5.41) is 0. The van der Waals surface area contributed by atoms with Crippen molar-refractivity contribution in [2.24, 2.45) is 5.92 Å². The lowest BCUT2D eigenvalue weighted by atomic mass is 9.90. The van der Waals surface area contributed by atoms with E-state index in [4.69, 9.17) is 21.9 Å². The molecule has 1 amide bonds. The number of amides is 1. The Morgan fingerprint density at radius 1 is 1.14 bits per heavy atom. The Morgan fingerprint density at radius 3 is 2.62 bits per heavy atom. The van der Waals surface area contributed by atoms with Crippen molar-refractivity contribution in [1.29, 1.82) is 0 Å². The molecule has 9 heteroatoms. The lowest BCUT2D eigenvalue weighted by Crippen LogP contribution is -2.37. The fraction of sp³-hybridized carbons (Fsp3) is 0.357. The molecule has 0 bridgehead atoms. The van der Waals surface area contributed by atoms with Crippen LogP contribution in [0.15, 0.2) is 58.4 Å². The number of benzene rings is 1. The van der Waals surface area contributed by atoms with E-state index in [1.807, 2.05) is 25.1 Å². The third-order valence-electron chi connectivity index (χ3n) is 7.01. The number of aromatic nitrogens is 2. The summed E-state index contributed by atoms with van der Waals surface area (Å²) in [6.45, 7) is 4.35. The second-order valence-electron chi connectivity index (χ2n) is 9.49. The number of rotatable bonds is 7. The number of pyridine rings is 1. The van der Waals surface area contributed by atoms with Crippen LogP contribution in [0.4, 0.5) is 5.82 Å². The summed E-state index contributed by atoms with van der Waals surface area (Å²) < 4.78 is 7.17. The number of aryl methyl sites for hydroxylation is 1. The molecule has 4 heterocycles. The minimum absolute atomic E-state index is 0.183. The summed E-state index contributed by atoms with van der Waals surface area (Å²) in [5.41, 5.74) is 3.17. The van der Waals surface area contributed by atoms with E-state index < -0.39 is 0 Å². The predicted molar refractivity (Wildman–Crippen MR) is 153 cm³/mol. The van der Waals surface area contributed by atoms with Gasteiger partial charge in [-0.25, -0.2) is 4.98 Å². The molecule has 0 radical (unpaired) electrons. The number of methoxy groups -OCH3 is 1. The summed E-state index contributed by atoms with van der Waals surface area (Å²) in [4.78, 5) is 36.0. The number of carbonyl (C=O) groups excluding carboxylic acids is 1. The lowest BCUT2D eigenvalue weighted by Gasteiger charge is -2.33. The number of nitrogens with zero attached hydrogens (tertiary/aromatic N) is 4. The lowest BCUT2D eigenvalue weighted by molar-refractivity contribution is -0.122. The van der Waals surface area contributed by atoms with Crippen molar-refractivity contribution in [2.45, 2.75) is 26.2 Å². The number of hydrogen-bond donors (Lipinski definition) is 0. The zero-order valence-corrected chi connectivity index (χ0v) is 22.7. The first-order valence-electron chi connectivity index (χ1n) is 12.5. The van der Waals surface area contributed by atoms with Crippen molar-refractivity contribution >= 4 is 51.7 Å². The molecule has 2 aliphatic heterocycles. The minimum Gasteiger partial charge on any atom is -0.383 e. The molecular formula is C28H30N4O3S2. The quantitative estimate of drug-likeness (QED) is 0.331. The van der Waals surface area contributed by atoms with Gasteiger partial charge in [-0.05, 0) is 55.4 Å². The van der Waals surface area contributed by atoms with E-state index in [0.717, 1.165) is 37.9 Å². The van der Waals surface area contributed by atoms with Gasteiger partial charge < -0.3 is 9.64 Å². The summed E-state index contributed by atoms with van der Waals surface area (Å²) >= 11 is 6.66. The number of thiocarbonyl (C=S) groups is 1. The van der Waals surface area contributed by atoms with Gasteiger partial charge in [-0.3, -0.25) is 18.9 Å². The molecule has 0 saturated carbocycles. The molecule has 2 saturated heterocycles. The topological polar surface area (TPSA) is 67.2 Å². The van der Waals surface area contributed by atoms with Gasteiger partial charge >= 0.3 is 0 Å². The fourth-order valence-corrected chi connectivity index (χ4v) is 6.26. The van der Waals surface area contributed by atoms with E-state index >= 15 is 0 Å². The van der Waals surface area contributed by atoms with Gasteiger partial charge in [0.25, 0.3) is 11.5 Å². The Kier molecular flexibility index (Phi) is 7.73. The standard InChI is InChI=1S/C28H30N4O3S2/c1-19-7-6-12-31-24(19)29-25(30-13-10-21(11-14-30)17-20-8-4-3-5-9-20)22(26(31)33)18-23-27(34)32(15-16-35-2)28(36)37-23/h3-9,12,18,21H,10-11,13-17H2,1-2H3/b23-18-. The van der Waals surface area contributed by atoms with Crippen LogP contribution in [0.3, 0.4) is 0 Å². The van der Waals surface area contributed by atoms with E-state index in [-0.39, 0.29) is 11.5 Å². The van der Waals surface area contributed by atoms with Gasteiger partial charge in [0.15, 0.2) is 0 Å². The minimum atomic E-state index is -0.201. The SMILES string of the molecule is COCCN1C(=O)/C(=C/c2c(N3CCC(Cc4ccccc4)CC3)nc3c(C)cccn3c2=O)SC1=S. The Balaban J connectivity index is 1.48. The molecule has 0 spiro atoms. The van der Waals surface area contributed by atoms with Gasteiger partial charge in [0, 0.05) is 26.4 Å². The molecule has 2 fully saturated rings. The normalized spacial score (nSPS) is 17.9. The number of carbonyl (C=O) groups is 1. The number of fused-ring (bicyclic) bond motifs is 1. The van der Waals surface area contributed by atoms with E-state index in [1.165, 1.54) is 22.2 Å². The summed E-state index contributed by atoms with van der Waals surface area (Å²) in [7, 11) is 1.59. The van der Waals surface area contributed by atoms with Crippen molar-refractivity contribution in [3.63, 3.8) is 0 Å². The third-order valence-corrected chi connectivity index (χ3v) is 8.39. The van der Waals surface area contributed by atoms with Gasteiger partial charge in [-0.1, -0.05) is 60.4 Å². The highest BCUT2D eigenvalue weighted by Gasteiger charge is 2.33. The maximum absolute atomic E-state index is 13.7. The predicted octanol–water partition coefficient (Wildman–Crippen LogP) is 4.31. The molecule has 5 rings (SSSR count). The van der Waals surface area contributed by atoms with Crippen LogP contribution in [0.25, 0.3) is 11.7 Å². The molecule has 1 aromatic carbocycles. The maximum Gasteiger partial charge on any atom is 0.267 e. The zero-order chi connectivity index (χ0) is 25.9. The van der Waals surface area contributed by atoms with Crippen LogP contribution < -0.4 is 10.5 Å². The molecule has 0 aliphatic carbocycles. The molecule has 37 heavy (non-hydrogen) atoms. The average Bonchev–Trinajstić information content (AvgIpc) is 3.17. The van der Waals surface area contributed by atoms with Crippen LogP contribution in [-0.2, 0) is 16.0 Å². The first-order valence-corrected chi connectivity index (χ1v) is 13.7. The number of thioether (sulfide) groups is 1. The number of piperidine rings is 1. The van der Waals surface area contributed by atoms with Crippen molar-refractivity contribution in [3.8, 4) is 0 Å². The van der Waals surface area contributed by atoms with Crippen molar-refractivity contribution in [3.05, 3.63) is 80.6 Å². The first-order chi connectivity index (χ1) is 18.0. The molecule has 7 nitrogen and oxygen atoms in total. The summed E-state index contributed by atoms with van der Waals surface area (Å²) in [6.07, 6.45) is 6.50. The molecule has 2 aromatic heterocycles. The molecular weight excluding hydrogens is 504 g/mol. The van der Waals surface area contributed by atoms with Crippen molar-refractivity contribution in [2.75, 3.05) is 38.3 Å². The number of hydrogen-bond acceptors (Lipinski definition) is 7. The monoisotopic (exact) mass is 534 g/mol. The van der Waals surface area contributed by atoms with Crippen LogP contribution in [-0.4, -0.2) is 57.9 Å². The summed E-state index contributed by atoms with van der Waals surface area (Å²) in [6, 6.07) is 14.4. The average molecular weight is 535 g/mol. The van der Waals surface area contributed by atoms with Gasteiger partial charge in [0.05, 0.1) is 23.6 Å². The van der Waals surface area contributed by atoms with Crippen LogP contribution in [0.2, 0.25) is 0 Å². The second kappa shape index (κ2) is 11.2. The highest BCUT2D eigenvalue weighted by atomic mass is 32.2. The van der Waals surface area contributed by atoms with Crippen LogP contribution in [0.1, 0.15) is 29.5 Å². The summed E-state index contributed by atoms with van der Waals surface area (Å²) in [5.74, 6) is 1.02. The molecule has 3 aromatic rings. The molecule has 0 unspecified atom stereocenters. The number of anilines is 1. The first kappa shape index (κ1) is 25.6. The fourth-order valence-electron chi connectivity index (χ4n) is 4.97. The molecule has 0 atom stereocenters. The molecule has 0 N–H and O–H groups in total. The van der Waals surface area contributed by atoms with Crippen LogP contribution in [0.5, 0.6) is 0 Å². The Labute approximate surface area is 226 Å². The van der Waals surface area contributed by atoms with E-state index in [1.54, 1.807) is 23.8 Å². The zero-order valence-electron chi connectivity index (χ0n) is 21.1. The van der Waals surface area contributed by atoms with E-state index in [0.29, 0.717) is 45.3 Å². The smallest absolute Gasteiger partial charge is 0.267 e. The van der Waals surface area contributed by atoms with Gasteiger partial charge in [0.1, 0.15) is 15.8 Å². The maximum atomic E-state index is 13.7. The highest BCUT2D eigenvalue weighted by molar-refractivity contribution is 8.26. The highest BCUT2D eigenvalue weighted by Crippen LogP contribution is 2.34. The van der Waals surface area contributed by atoms with Crippen LogP contribution in [0, 0.1) is 12.8 Å². The van der Waals surface area contributed by atoms with Gasteiger partial charge in [-0.2, -0.15) is 0 Å². The van der Waals surface area contributed by atoms with Crippen molar-refractivity contribution < 1.29 is 9.53 Å². The van der Waals surface area contributed by atoms with E-state index in [2.05, 4.69) is 29.2 Å². The molecule has 192 valence electrons. The largest absolute Gasteiger partial charge is 0.383 e. The molecule has 2 aliphatic rings. The van der Waals surface area contributed by atoms with E-state index in [9.17, 15) is 9.59 Å². The Bertz CT molecular complexity index is 1410. The van der Waals surface area contributed by atoms with Crippen molar-refractivity contribution in [1.82, 2.24) is 14.3 Å². The number of ether oxygens (including phenoxy) is 1. The second-order valence-corrected chi connectivity index (χ2v) is 11.2. The Morgan fingerprint density at radius 2 is 1.89 bits per heavy atom. The van der Waals surface area contributed by atoms with Gasteiger partial charge in [0.2, 0.25) is 0 Å².